The summed E-state index contributed by atoms with van der Waals surface area (Å²) in [4.78, 5) is 12.7. The third kappa shape index (κ3) is 5.96. The van der Waals surface area contributed by atoms with Crippen molar-refractivity contribution >= 4 is 12.1 Å². The molecule has 2 aromatic carbocycles. The van der Waals surface area contributed by atoms with Crippen LogP contribution >= 0.6 is 0 Å². The van der Waals surface area contributed by atoms with E-state index in [4.69, 9.17) is 28.4 Å². The van der Waals surface area contributed by atoms with E-state index in [0.29, 0.717) is 65.4 Å². The van der Waals surface area contributed by atoms with Crippen LogP contribution in [0.15, 0.2) is 29.4 Å². The maximum atomic E-state index is 12.7. The molecule has 0 unspecified atom stereocenters. The molecule has 0 aromatic heterocycles. The molecular weight excluding hydrogens is 416 g/mol. The number of ether oxygens (including phenoxy) is 6. The summed E-state index contributed by atoms with van der Waals surface area (Å²) in [7, 11) is 4.60. The van der Waals surface area contributed by atoms with Gasteiger partial charge in [-0.3, -0.25) is 4.79 Å². The van der Waals surface area contributed by atoms with Crippen molar-refractivity contribution < 1.29 is 33.2 Å². The Morgan fingerprint density at radius 1 is 0.781 bits per heavy atom. The van der Waals surface area contributed by atoms with E-state index in [1.54, 1.807) is 24.3 Å². The SMILES string of the molecule is CCOc1cc(C(=O)N/N=C\c2cc(OC)c(OC)cc2OC)cc(OCC)c1OCC. The number of amides is 1. The third-order valence-corrected chi connectivity index (χ3v) is 4.28. The molecule has 0 atom stereocenters. The van der Waals surface area contributed by atoms with Gasteiger partial charge in [0.25, 0.3) is 5.91 Å². The topological polar surface area (TPSA) is 96.8 Å². The third-order valence-electron chi connectivity index (χ3n) is 4.28. The van der Waals surface area contributed by atoms with Crippen LogP contribution in [0.4, 0.5) is 0 Å². The maximum Gasteiger partial charge on any atom is 0.271 e. The van der Waals surface area contributed by atoms with Crippen molar-refractivity contribution in [3.05, 3.63) is 35.4 Å². The highest BCUT2D eigenvalue weighted by Crippen LogP contribution is 2.39. The van der Waals surface area contributed by atoms with Crippen LogP contribution in [0.25, 0.3) is 0 Å². The highest BCUT2D eigenvalue weighted by Gasteiger charge is 2.18. The van der Waals surface area contributed by atoms with Crippen molar-refractivity contribution in [2.24, 2.45) is 5.10 Å². The van der Waals surface area contributed by atoms with E-state index < -0.39 is 5.91 Å². The number of hydrogen-bond acceptors (Lipinski definition) is 8. The zero-order chi connectivity index (χ0) is 23.5. The largest absolute Gasteiger partial charge is 0.496 e. The minimum atomic E-state index is -0.439. The first-order chi connectivity index (χ1) is 15.5. The maximum absolute atomic E-state index is 12.7. The summed E-state index contributed by atoms with van der Waals surface area (Å²) < 4.78 is 32.9. The lowest BCUT2D eigenvalue weighted by Gasteiger charge is -2.16. The van der Waals surface area contributed by atoms with E-state index in [1.807, 2.05) is 20.8 Å². The molecule has 0 fully saturated rings. The highest BCUT2D eigenvalue weighted by molar-refractivity contribution is 5.96. The van der Waals surface area contributed by atoms with Gasteiger partial charge in [-0.05, 0) is 39.0 Å². The summed E-state index contributed by atoms with van der Waals surface area (Å²) in [6.07, 6.45) is 1.46. The number of carbonyl (C=O) groups excluding carboxylic acids is 1. The molecule has 0 saturated carbocycles. The molecular formula is C23H30N2O7. The number of rotatable bonds is 12. The number of hydrazone groups is 1. The Morgan fingerprint density at radius 2 is 1.31 bits per heavy atom. The molecule has 9 nitrogen and oxygen atoms in total. The second-order valence-electron chi connectivity index (χ2n) is 6.25. The molecule has 1 N–H and O–H groups in total. The molecule has 32 heavy (non-hydrogen) atoms. The Labute approximate surface area is 188 Å². The molecule has 1 amide bonds. The van der Waals surface area contributed by atoms with E-state index in [1.165, 1.54) is 27.5 Å². The van der Waals surface area contributed by atoms with E-state index >= 15 is 0 Å². The summed E-state index contributed by atoms with van der Waals surface area (Å²) >= 11 is 0. The van der Waals surface area contributed by atoms with Gasteiger partial charge in [0.15, 0.2) is 23.0 Å². The molecule has 9 heteroatoms. The fourth-order valence-corrected chi connectivity index (χ4v) is 2.90. The van der Waals surface area contributed by atoms with Crippen LogP contribution in [0.3, 0.4) is 0 Å². The van der Waals surface area contributed by atoms with Crippen molar-refractivity contribution in [2.75, 3.05) is 41.2 Å². The smallest absolute Gasteiger partial charge is 0.271 e. The summed E-state index contributed by atoms with van der Waals surface area (Å²) in [6, 6.07) is 6.57. The van der Waals surface area contributed by atoms with Crippen molar-refractivity contribution in [1.29, 1.82) is 0 Å². The Kier molecular flexibility index (Phi) is 9.46. The van der Waals surface area contributed by atoms with Crippen molar-refractivity contribution in [3.8, 4) is 34.5 Å². The molecule has 2 aromatic rings. The van der Waals surface area contributed by atoms with E-state index in [9.17, 15) is 4.79 Å². The fraction of sp³-hybridized carbons (Fsp3) is 0.391. The van der Waals surface area contributed by atoms with E-state index in [0.717, 1.165) is 0 Å². The first-order valence-corrected chi connectivity index (χ1v) is 10.2. The predicted octanol–water partition coefficient (Wildman–Crippen LogP) is 3.67. The molecule has 0 aliphatic heterocycles. The standard InChI is InChI=1S/C23H30N2O7/c1-7-30-20-10-15(11-21(31-8-2)22(20)32-9-3)23(26)25-24-14-16-12-18(28-5)19(29-6)13-17(16)27-4/h10-14H,7-9H2,1-6H3,(H,25,26)/b24-14-. The molecule has 0 heterocycles. The monoisotopic (exact) mass is 446 g/mol. The summed E-state index contributed by atoms with van der Waals surface area (Å²) in [5.41, 5.74) is 3.42. The van der Waals surface area contributed by atoms with Crippen LogP contribution in [0.5, 0.6) is 34.5 Å². The van der Waals surface area contributed by atoms with Gasteiger partial charge in [0, 0.05) is 17.2 Å². The molecule has 0 radical (unpaired) electrons. The average Bonchev–Trinajstić information content (AvgIpc) is 2.80. The van der Waals surface area contributed by atoms with E-state index in [2.05, 4.69) is 10.5 Å². The Morgan fingerprint density at radius 3 is 1.81 bits per heavy atom. The number of benzene rings is 2. The quantitative estimate of drug-likeness (QED) is 0.392. The van der Waals surface area contributed by atoms with Crippen molar-refractivity contribution in [1.82, 2.24) is 5.43 Å². The zero-order valence-electron chi connectivity index (χ0n) is 19.3. The fourth-order valence-electron chi connectivity index (χ4n) is 2.90. The molecule has 0 aliphatic carbocycles. The van der Waals surface area contributed by atoms with Crippen LogP contribution in [-0.2, 0) is 0 Å². The zero-order valence-corrected chi connectivity index (χ0v) is 19.3. The molecule has 174 valence electrons. The summed E-state index contributed by atoms with van der Waals surface area (Å²) in [5.74, 6) is 2.42. The minimum Gasteiger partial charge on any atom is -0.496 e. The lowest BCUT2D eigenvalue weighted by atomic mass is 10.1. The lowest BCUT2D eigenvalue weighted by molar-refractivity contribution is 0.0954. The van der Waals surface area contributed by atoms with Gasteiger partial charge >= 0.3 is 0 Å². The van der Waals surface area contributed by atoms with Crippen LogP contribution < -0.4 is 33.8 Å². The molecule has 0 aliphatic rings. The molecule has 2 rings (SSSR count). The number of methoxy groups -OCH3 is 3. The normalized spacial score (nSPS) is 10.6. The highest BCUT2D eigenvalue weighted by atomic mass is 16.5. The van der Waals surface area contributed by atoms with Gasteiger partial charge in [0.2, 0.25) is 5.75 Å². The number of nitrogens with zero attached hydrogens (tertiary/aromatic N) is 1. The van der Waals surface area contributed by atoms with Gasteiger partial charge in [0.1, 0.15) is 5.75 Å². The number of carbonyl (C=O) groups is 1. The first kappa shape index (κ1) is 24.6. The summed E-state index contributed by atoms with van der Waals surface area (Å²) in [5, 5.41) is 4.05. The van der Waals surface area contributed by atoms with Gasteiger partial charge in [-0.15, -0.1) is 0 Å². The van der Waals surface area contributed by atoms with Crippen LogP contribution in [0.2, 0.25) is 0 Å². The molecule has 0 saturated heterocycles. The number of nitrogens with one attached hydrogen (secondary N) is 1. The van der Waals surface area contributed by atoms with Gasteiger partial charge in [0.05, 0.1) is 47.4 Å². The van der Waals surface area contributed by atoms with Gasteiger partial charge < -0.3 is 28.4 Å². The average molecular weight is 447 g/mol. The van der Waals surface area contributed by atoms with Crippen LogP contribution in [0, 0.1) is 0 Å². The molecule has 0 spiro atoms. The Hall–Kier alpha value is -3.62. The lowest BCUT2D eigenvalue weighted by Crippen LogP contribution is -2.18. The number of hydrogen-bond donors (Lipinski definition) is 1. The Bertz CT molecular complexity index is 917. The Balaban J connectivity index is 2.30. The van der Waals surface area contributed by atoms with E-state index in [-0.39, 0.29) is 0 Å². The van der Waals surface area contributed by atoms with Crippen LogP contribution in [0.1, 0.15) is 36.7 Å². The van der Waals surface area contributed by atoms with Gasteiger partial charge in [-0.25, -0.2) is 5.43 Å². The second kappa shape index (κ2) is 12.3. The van der Waals surface area contributed by atoms with Crippen molar-refractivity contribution in [2.45, 2.75) is 20.8 Å². The van der Waals surface area contributed by atoms with Crippen molar-refractivity contribution in [3.63, 3.8) is 0 Å². The van der Waals surface area contributed by atoms with Gasteiger partial charge in [-0.2, -0.15) is 5.10 Å². The van der Waals surface area contributed by atoms with Crippen LogP contribution in [-0.4, -0.2) is 53.3 Å². The first-order valence-electron chi connectivity index (χ1n) is 10.2. The predicted molar refractivity (Wildman–Crippen MR) is 121 cm³/mol. The van der Waals surface area contributed by atoms with Gasteiger partial charge in [-0.1, -0.05) is 0 Å². The second-order valence-corrected chi connectivity index (χ2v) is 6.25. The minimum absolute atomic E-state index is 0.316. The summed E-state index contributed by atoms with van der Waals surface area (Å²) in [6.45, 7) is 6.82. The molecule has 0 bridgehead atoms.